The van der Waals surface area contributed by atoms with Crippen LogP contribution in [0.4, 0.5) is 5.82 Å². The number of nitrogens with zero attached hydrogens (tertiary/aromatic N) is 6. The molecule has 4 heterocycles. The number of carbonyl (C=O) groups excluding carboxylic acids is 3. The number of anilines is 1. The molecule has 2 unspecified atom stereocenters. The van der Waals surface area contributed by atoms with Gasteiger partial charge >= 0.3 is 5.97 Å². The number of β-lactam (4-membered cyclic amide) rings is 1. The number of hydrogen-bond donors (Lipinski definition) is 3. The third-order valence-corrected chi connectivity index (χ3v) is 9.07. The fourth-order valence-corrected chi connectivity index (χ4v) is 6.84. The number of rotatable bonds is 12. The van der Waals surface area contributed by atoms with Gasteiger partial charge in [0.15, 0.2) is 10.2 Å². The second-order valence-corrected chi connectivity index (χ2v) is 10.9. The van der Waals surface area contributed by atoms with Crippen LogP contribution in [0.1, 0.15) is 5.82 Å². The summed E-state index contributed by atoms with van der Waals surface area (Å²) in [5.41, 5.74) is 0.0813. The molecular weight excluding hydrogens is 544 g/mol. The third kappa shape index (κ3) is 5.72. The monoisotopic (exact) mass is 564 g/mol. The Kier molecular flexibility index (Phi) is 8.34. The summed E-state index contributed by atoms with van der Waals surface area (Å²) in [6.45, 7) is 3.52. The van der Waals surface area contributed by atoms with Crippen LogP contribution in [0.5, 0.6) is 0 Å². The van der Waals surface area contributed by atoms with Gasteiger partial charge in [0.25, 0.3) is 5.91 Å². The van der Waals surface area contributed by atoms with Gasteiger partial charge in [-0.15, -0.1) is 22.0 Å². The van der Waals surface area contributed by atoms with Gasteiger partial charge in [-0.3, -0.25) is 19.2 Å². The van der Waals surface area contributed by atoms with Crippen LogP contribution < -0.4 is 10.6 Å². The summed E-state index contributed by atoms with van der Waals surface area (Å²) in [5, 5.41) is 26.0. The average Bonchev–Trinajstić information content (AvgIpc) is 3.42. The van der Waals surface area contributed by atoms with E-state index in [1.807, 2.05) is 0 Å². The van der Waals surface area contributed by atoms with E-state index in [2.05, 4.69) is 42.5 Å². The van der Waals surface area contributed by atoms with Crippen molar-refractivity contribution in [1.82, 2.24) is 30.4 Å². The molecule has 0 radical (unpaired) electrons. The number of carbonyl (C=O) groups is 4. The lowest BCUT2D eigenvalue weighted by Crippen LogP contribution is -2.74. The smallest absolute Gasteiger partial charge is 0.313 e. The summed E-state index contributed by atoms with van der Waals surface area (Å²) >= 11 is 3.87. The fourth-order valence-electron chi connectivity index (χ4n) is 3.49. The van der Waals surface area contributed by atoms with Gasteiger partial charge in [0.05, 0.1) is 0 Å². The molecule has 14 nitrogen and oxygen atoms in total. The van der Waals surface area contributed by atoms with Crippen molar-refractivity contribution in [2.24, 2.45) is 10.6 Å². The van der Waals surface area contributed by atoms with E-state index in [0.29, 0.717) is 10.7 Å². The summed E-state index contributed by atoms with van der Waals surface area (Å²) < 4.78 is 0.646. The highest BCUT2D eigenvalue weighted by Crippen LogP contribution is 2.44. The summed E-state index contributed by atoms with van der Waals surface area (Å²) in [6.07, 6.45) is 3.17. The van der Waals surface area contributed by atoms with Gasteiger partial charge in [-0.25, -0.2) is 9.97 Å². The van der Waals surface area contributed by atoms with Crippen molar-refractivity contribution in [3.05, 3.63) is 36.3 Å². The summed E-state index contributed by atoms with van der Waals surface area (Å²) in [6, 6.07) is 0.517. The Morgan fingerprint density at radius 2 is 2.30 bits per heavy atom. The van der Waals surface area contributed by atoms with Gasteiger partial charge in [-0.05, 0) is 6.07 Å². The second-order valence-electron chi connectivity index (χ2n) is 7.75. The first kappa shape index (κ1) is 26.5. The molecule has 0 bridgehead atoms. The van der Waals surface area contributed by atoms with Gasteiger partial charge in [0, 0.05) is 24.2 Å². The number of fused-ring (bicyclic) bond motifs is 1. The number of aliphatic carboxylic acids is 1. The molecule has 3 atom stereocenters. The minimum Gasteiger partial charge on any atom is -0.481 e. The Hall–Kier alpha value is -3.57. The normalized spacial score (nSPS) is 22.9. The average molecular weight is 565 g/mol. The van der Waals surface area contributed by atoms with Crippen LogP contribution in [0.15, 0.2) is 39.9 Å². The van der Waals surface area contributed by atoms with Gasteiger partial charge in [0.2, 0.25) is 18.0 Å². The minimum absolute atomic E-state index is 0.00290. The Bertz CT molecular complexity index is 1230. The molecule has 2 saturated heterocycles. The van der Waals surface area contributed by atoms with Crippen LogP contribution >= 0.6 is 34.9 Å². The maximum atomic E-state index is 13.1. The highest BCUT2D eigenvalue weighted by Gasteiger charge is 2.57. The molecule has 0 spiro atoms. The van der Waals surface area contributed by atoms with Crippen LogP contribution in [-0.2, 0) is 24.0 Å². The highest BCUT2D eigenvalue weighted by molar-refractivity contribution is 8.01. The summed E-state index contributed by atoms with van der Waals surface area (Å²) in [4.78, 5) is 63.6. The lowest BCUT2D eigenvalue weighted by Gasteiger charge is -2.53. The first-order chi connectivity index (χ1) is 17.9. The summed E-state index contributed by atoms with van der Waals surface area (Å²) in [5.74, 6) is -1.74. The SMILES string of the molecule is C=CCON=C(C(=O)NC1C(=O)N2CC(CSc3nncs3)(C(=O)O)CS[C@H]12)c1nccc(NC=O)n1. The third-order valence-electron chi connectivity index (χ3n) is 5.33. The maximum Gasteiger partial charge on any atom is 0.313 e. The number of oxime groups is 1. The predicted octanol–water partition coefficient (Wildman–Crippen LogP) is 0.0663. The molecule has 2 aliphatic rings. The molecule has 2 aliphatic heterocycles. The molecule has 0 saturated carbocycles. The zero-order valence-electron chi connectivity index (χ0n) is 19.0. The molecule has 17 heteroatoms. The largest absolute Gasteiger partial charge is 0.481 e. The molecule has 3 N–H and O–H groups in total. The van der Waals surface area contributed by atoms with E-state index in [0.717, 1.165) is 0 Å². The molecule has 194 valence electrons. The standard InChI is InChI=1S/C20H20N8O6S3/c1-2-5-34-27-12(14-21-4-3-11(24-14)22-9-29)15(30)25-13-16(31)28-6-20(18(32)33,7-35-17(13)28)8-36-19-26-23-10-37-19/h2-4,9-10,13,17H,1,5-8H2,(H,25,30)(H,32,33)(H,21,22,24,29)/t13?,17-,20?/m1/s1. The fraction of sp³-hybridized carbons (Fsp3) is 0.350. The number of thioether (sulfide) groups is 2. The lowest BCUT2D eigenvalue weighted by molar-refractivity contribution is -0.157. The number of hydrogen-bond acceptors (Lipinski definition) is 13. The van der Waals surface area contributed by atoms with Crippen molar-refractivity contribution in [2.75, 3.05) is 30.0 Å². The van der Waals surface area contributed by atoms with E-state index in [-0.39, 0.29) is 42.0 Å². The van der Waals surface area contributed by atoms with Crippen LogP contribution in [0.3, 0.4) is 0 Å². The van der Waals surface area contributed by atoms with Gasteiger partial charge in [-0.2, -0.15) is 0 Å². The molecule has 0 aromatic carbocycles. The highest BCUT2D eigenvalue weighted by atomic mass is 32.2. The van der Waals surface area contributed by atoms with Gasteiger partial charge in [-0.1, -0.05) is 40.9 Å². The number of aromatic nitrogens is 4. The Morgan fingerprint density at radius 3 is 3.00 bits per heavy atom. The molecular formula is C20H20N8O6S3. The zero-order chi connectivity index (χ0) is 26.4. The molecule has 4 rings (SSSR count). The zero-order valence-corrected chi connectivity index (χ0v) is 21.4. The number of carboxylic acids is 1. The Balaban J connectivity index is 1.46. The van der Waals surface area contributed by atoms with Gasteiger partial charge in [0.1, 0.15) is 34.8 Å². The van der Waals surface area contributed by atoms with Crippen molar-refractivity contribution in [3.63, 3.8) is 0 Å². The number of carboxylic acid groups (broad SMARTS) is 1. The van der Waals surface area contributed by atoms with E-state index in [4.69, 9.17) is 4.84 Å². The van der Waals surface area contributed by atoms with Crippen LogP contribution in [0, 0.1) is 5.41 Å². The molecule has 2 aromatic rings. The summed E-state index contributed by atoms with van der Waals surface area (Å²) in [7, 11) is 0. The van der Waals surface area contributed by atoms with Crippen molar-refractivity contribution in [2.45, 2.75) is 15.8 Å². The first-order valence-corrected chi connectivity index (χ1v) is 13.5. The second kappa shape index (κ2) is 11.7. The Morgan fingerprint density at radius 1 is 1.46 bits per heavy atom. The van der Waals surface area contributed by atoms with Crippen molar-refractivity contribution in [1.29, 1.82) is 0 Å². The van der Waals surface area contributed by atoms with Crippen LogP contribution in [0.25, 0.3) is 0 Å². The minimum atomic E-state index is -1.17. The van der Waals surface area contributed by atoms with Crippen LogP contribution in [-0.4, -0.2) is 96.2 Å². The first-order valence-electron chi connectivity index (χ1n) is 10.6. The topological polar surface area (TPSA) is 189 Å². The Labute approximate surface area is 222 Å². The van der Waals surface area contributed by atoms with Gasteiger partial charge < -0.3 is 25.5 Å². The van der Waals surface area contributed by atoms with Crippen molar-refractivity contribution in [3.8, 4) is 0 Å². The van der Waals surface area contributed by atoms with E-state index in [1.165, 1.54) is 58.1 Å². The molecule has 0 aliphatic carbocycles. The van der Waals surface area contributed by atoms with Crippen molar-refractivity contribution >= 4 is 70.6 Å². The molecule has 2 aromatic heterocycles. The van der Waals surface area contributed by atoms with E-state index < -0.39 is 34.6 Å². The van der Waals surface area contributed by atoms with E-state index in [9.17, 15) is 24.3 Å². The number of nitrogens with one attached hydrogen (secondary N) is 2. The lowest BCUT2D eigenvalue weighted by atomic mass is 9.89. The maximum absolute atomic E-state index is 13.1. The van der Waals surface area contributed by atoms with Crippen molar-refractivity contribution < 1.29 is 29.1 Å². The molecule has 3 amide bonds. The van der Waals surface area contributed by atoms with E-state index in [1.54, 1.807) is 5.51 Å². The quantitative estimate of drug-likeness (QED) is 0.0599. The van der Waals surface area contributed by atoms with Crippen LogP contribution in [0.2, 0.25) is 0 Å². The molecule has 37 heavy (non-hydrogen) atoms. The number of amides is 3. The van der Waals surface area contributed by atoms with E-state index >= 15 is 0 Å². The predicted molar refractivity (Wildman–Crippen MR) is 135 cm³/mol. The molecule has 2 fully saturated rings.